The molecule has 0 amide bonds. The van der Waals surface area contributed by atoms with Crippen LogP contribution in [0, 0.1) is 5.41 Å². The van der Waals surface area contributed by atoms with Crippen LogP contribution in [0.1, 0.15) is 82.4 Å². The zero-order chi connectivity index (χ0) is 13.9. The van der Waals surface area contributed by atoms with Gasteiger partial charge in [0.05, 0.1) is 6.10 Å². The summed E-state index contributed by atoms with van der Waals surface area (Å²) in [4.78, 5) is 0. The first kappa shape index (κ1) is 14.6. The Hall–Kier alpha value is -0.820. The minimum Gasteiger partial charge on any atom is -0.388 e. The molecular formula is C18H28O. The van der Waals surface area contributed by atoms with Gasteiger partial charge in [0.15, 0.2) is 0 Å². The van der Waals surface area contributed by atoms with Crippen molar-refractivity contribution in [2.45, 2.75) is 71.3 Å². The second-order valence-corrected chi connectivity index (χ2v) is 6.30. The number of hydrogen-bond donors (Lipinski definition) is 1. The fourth-order valence-electron chi connectivity index (χ4n) is 3.50. The van der Waals surface area contributed by atoms with Crippen molar-refractivity contribution in [1.29, 1.82) is 0 Å². The summed E-state index contributed by atoms with van der Waals surface area (Å²) in [6, 6.07) is 8.68. The predicted octanol–water partition coefficient (Wildman–Crippen LogP) is 5.20. The SMILES string of the molecule is CCC(C)c1ccc(C(O)C2(CC)CCCC2)cc1. The van der Waals surface area contributed by atoms with Crippen molar-refractivity contribution in [3.63, 3.8) is 0 Å². The van der Waals surface area contributed by atoms with E-state index < -0.39 is 0 Å². The van der Waals surface area contributed by atoms with Gasteiger partial charge in [-0.2, -0.15) is 0 Å². The second-order valence-electron chi connectivity index (χ2n) is 6.30. The van der Waals surface area contributed by atoms with Gasteiger partial charge in [0.2, 0.25) is 0 Å². The van der Waals surface area contributed by atoms with Crippen molar-refractivity contribution >= 4 is 0 Å². The molecule has 1 aromatic rings. The molecule has 0 heterocycles. The monoisotopic (exact) mass is 260 g/mol. The van der Waals surface area contributed by atoms with Gasteiger partial charge in [0.1, 0.15) is 0 Å². The first-order valence-electron chi connectivity index (χ1n) is 7.91. The summed E-state index contributed by atoms with van der Waals surface area (Å²) in [5.74, 6) is 0.609. The Balaban J connectivity index is 2.17. The van der Waals surface area contributed by atoms with Crippen LogP contribution < -0.4 is 0 Å². The molecule has 2 atom stereocenters. The van der Waals surface area contributed by atoms with E-state index in [4.69, 9.17) is 0 Å². The molecule has 1 saturated carbocycles. The first-order chi connectivity index (χ1) is 9.13. The Bertz CT molecular complexity index is 387. The van der Waals surface area contributed by atoms with Crippen LogP contribution in [0.5, 0.6) is 0 Å². The molecular weight excluding hydrogens is 232 g/mol. The number of benzene rings is 1. The third-order valence-electron chi connectivity index (χ3n) is 5.32. The number of hydrogen-bond acceptors (Lipinski definition) is 1. The minimum absolute atomic E-state index is 0.137. The van der Waals surface area contributed by atoms with Crippen molar-refractivity contribution in [2.75, 3.05) is 0 Å². The zero-order valence-electron chi connectivity index (χ0n) is 12.7. The molecule has 1 N–H and O–H groups in total. The van der Waals surface area contributed by atoms with Gasteiger partial charge in [0, 0.05) is 5.41 Å². The molecule has 1 fully saturated rings. The van der Waals surface area contributed by atoms with E-state index in [-0.39, 0.29) is 11.5 Å². The van der Waals surface area contributed by atoms with Crippen LogP contribution in [0.25, 0.3) is 0 Å². The van der Waals surface area contributed by atoms with Gasteiger partial charge in [-0.25, -0.2) is 0 Å². The van der Waals surface area contributed by atoms with Crippen LogP contribution in [0.2, 0.25) is 0 Å². The lowest BCUT2D eigenvalue weighted by Gasteiger charge is -2.33. The van der Waals surface area contributed by atoms with Crippen LogP contribution in [0.3, 0.4) is 0 Å². The van der Waals surface area contributed by atoms with Crippen molar-refractivity contribution in [3.8, 4) is 0 Å². The molecule has 2 unspecified atom stereocenters. The topological polar surface area (TPSA) is 20.2 Å². The van der Waals surface area contributed by atoms with Crippen LogP contribution in [0.15, 0.2) is 24.3 Å². The molecule has 1 aliphatic carbocycles. The molecule has 0 spiro atoms. The Morgan fingerprint density at radius 3 is 2.05 bits per heavy atom. The molecule has 0 aromatic heterocycles. The van der Waals surface area contributed by atoms with Crippen LogP contribution >= 0.6 is 0 Å². The summed E-state index contributed by atoms with van der Waals surface area (Å²) in [6.07, 6.45) is 6.87. The summed E-state index contributed by atoms with van der Waals surface area (Å²) < 4.78 is 0. The van der Waals surface area contributed by atoms with E-state index in [9.17, 15) is 5.11 Å². The maximum Gasteiger partial charge on any atom is 0.0846 e. The minimum atomic E-state index is -0.286. The summed E-state index contributed by atoms with van der Waals surface area (Å²) in [5.41, 5.74) is 2.63. The highest BCUT2D eigenvalue weighted by Gasteiger charge is 2.39. The second kappa shape index (κ2) is 6.09. The summed E-state index contributed by atoms with van der Waals surface area (Å²) >= 11 is 0. The molecule has 1 heteroatoms. The highest BCUT2D eigenvalue weighted by molar-refractivity contribution is 5.27. The van der Waals surface area contributed by atoms with E-state index in [0.29, 0.717) is 5.92 Å². The van der Waals surface area contributed by atoms with Crippen molar-refractivity contribution in [2.24, 2.45) is 5.41 Å². The van der Waals surface area contributed by atoms with Crippen LogP contribution in [-0.2, 0) is 0 Å². The lowest BCUT2D eigenvalue weighted by molar-refractivity contribution is 0.0237. The van der Waals surface area contributed by atoms with E-state index in [1.807, 2.05) is 0 Å². The van der Waals surface area contributed by atoms with Crippen molar-refractivity contribution in [1.82, 2.24) is 0 Å². The smallest absolute Gasteiger partial charge is 0.0846 e. The maximum atomic E-state index is 10.8. The molecule has 106 valence electrons. The Kier molecular flexibility index (Phi) is 4.67. The van der Waals surface area contributed by atoms with E-state index in [1.165, 1.54) is 37.7 Å². The standard InChI is InChI=1S/C18H28O/c1-4-14(3)15-8-10-16(11-9-15)17(19)18(5-2)12-6-7-13-18/h8-11,14,17,19H,4-7,12-13H2,1-3H3. The summed E-state index contributed by atoms with van der Waals surface area (Å²) in [7, 11) is 0. The fourth-order valence-corrected chi connectivity index (χ4v) is 3.50. The number of aliphatic hydroxyl groups excluding tert-OH is 1. The maximum absolute atomic E-state index is 10.8. The van der Waals surface area contributed by atoms with Crippen molar-refractivity contribution < 1.29 is 5.11 Å². The molecule has 19 heavy (non-hydrogen) atoms. The molecule has 0 aliphatic heterocycles. The highest BCUT2D eigenvalue weighted by Crippen LogP contribution is 2.50. The third-order valence-corrected chi connectivity index (χ3v) is 5.32. The Morgan fingerprint density at radius 2 is 1.58 bits per heavy atom. The van der Waals surface area contributed by atoms with Gasteiger partial charge in [-0.15, -0.1) is 0 Å². The van der Waals surface area contributed by atoms with Crippen LogP contribution in [0.4, 0.5) is 0 Å². The highest BCUT2D eigenvalue weighted by atomic mass is 16.3. The lowest BCUT2D eigenvalue weighted by atomic mass is 9.75. The fraction of sp³-hybridized carbons (Fsp3) is 0.667. The molecule has 0 saturated heterocycles. The quantitative estimate of drug-likeness (QED) is 0.771. The predicted molar refractivity (Wildman–Crippen MR) is 81.3 cm³/mol. The number of aliphatic hydroxyl groups is 1. The molecule has 1 aromatic carbocycles. The molecule has 0 radical (unpaired) electrons. The average Bonchev–Trinajstić information content (AvgIpc) is 2.96. The van der Waals surface area contributed by atoms with E-state index in [1.54, 1.807) is 0 Å². The summed E-state index contributed by atoms with van der Waals surface area (Å²) in [6.45, 7) is 6.70. The average molecular weight is 260 g/mol. The van der Waals surface area contributed by atoms with Gasteiger partial charge in [-0.05, 0) is 42.7 Å². The number of rotatable bonds is 5. The van der Waals surface area contributed by atoms with Crippen LogP contribution in [-0.4, -0.2) is 5.11 Å². The Labute approximate surface area is 118 Å². The van der Waals surface area contributed by atoms with Gasteiger partial charge < -0.3 is 5.11 Å². The van der Waals surface area contributed by atoms with E-state index in [2.05, 4.69) is 45.0 Å². The normalized spacial score (nSPS) is 21.3. The summed E-state index contributed by atoms with van der Waals surface area (Å²) in [5, 5.41) is 10.8. The largest absolute Gasteiger partial charge is 0.388 e. The lowest BCUT2D eigenvalue weighted by Crippen LogP contribution is -2.25. The van der Waals surface area contributed by atoms with Gasteiger partial charge in [-0.3, -0.25) is 0 Å². The van der Waals surface area contributed by atoms with Gasteiger partial charge in [0.25, 0.3) is 0 Å². The van der Waals surface area contributed by atoms with Crippen molar-refractivity contribution in [3.05, 3.63) is 35.4 Å². The molecule has 2 rings (SSSR count). The zero-order valence-corrected chi connectivity index (χ0v) is 12.7. The first-order valence-corrected chi connectivity index (χ1v) is 7.91. The van der Waals surface area contributed by atoms with E-state index >= 15 is 0 Å². The van der Waals surface area contributed by atoms with Gasteiger partial charge in [-0.1, -0.05) is 57.9 Å². The van der Waals surface area contributed by atoms with Gasteiger partial charge >= 0.3 is 0 Å². The third kappa shape index (κ3) is 2.86. The van der Waals surface area contributed by atoms with E-state index in [0.717, 1.165) is 12.0 Å². The Morgan fingerprint density at radius 1 is 1.05 bits per heavy atom. The molecule has 1 aliphatic rings. The molecule has 1 nitrogen and oxygen atoms in total. The molecule has 0 bridgehead atoms.